The third-order valence-corrected chi connectivity index (χ3v) is 4.31. The third kappa shape index (κ3) is 3.71. The zero-order valence-corrected chi connectivity index (χ0v) is 12.7. The molecular formula is C17H24N4. The number of nitrogens with one attached hydrogen (secondary N) is 1. The minimum Gasteiger partial charge on any atom is -0.319 e. The summed E-state index contributed by atoms with van der Waals surface area (Å²) < 4.78 is 1.90. The lowest BCUT2D eigenvalue weighted by Gasteiger charge is -2.31. The molecule has 112 valence electrons. The molecule has 1 aliphatic rings. The lowest BCUT2D eigenvalue weighted by Crippen LogP contribution is -2.36. The molecule has 3 rings (SSSR count). The second-order valence-corrected chi connectivity index (χ2v) is 5.89. The van der Waals surface area contributed by atoms with E-state index in [0.29, 0.717) is 0 Å². The molecule has 2 aromatic rings. The van der Waals surface area contributed by atoms with Crippen molar-refractivity contribution in [3.05, 3.63) is 48.3 Å². The summed E-state index contributed by atoms with van der Waals surface area (Å²) in [7, 11) is 2.05. The van der Waals surface area contributed by atoms with Crippen molar-refractivity contribution in [2.24, 2.45) is 5.92 Å². The quantitative estimate of drug-likeness (QED) is 0.914. The Morgan fingerprint density at radius 3 is 2.57 bits per heavy atom. The maximum absolute atomic E-state index is 4.26. The van der Waals surface area contributed by atoms with E-state index in [2.05, 4.69) is 39.6 Å². The first kappa shape index (κ1) is 14.3. The Balaban J connectivity index is 1.54. The van der Waals surface area contributed by atoms with Gasteiger partial charge in [0.25, 0.3) is 0 Å². The van der Waals surface area contributed by atoms with E-state index in [9.17, 15) is 0 Å². The average molecular weight is 284 g/mol. The number of benzene rings is 1. The first-order valence-electron chi connectivity index (χ1n) is 7.81. The topological polar surface area (TPSA) is 33.1 Å². The highest BCUT2D eigenvalue weighted by Gasteiger charge is 2.18. The number of piperidine rings is 1. The SMILES string of the molecule is CNCC1CCN(Cc2ccc(-n3cccn3)cc2)CC1. The third-order valence-electron chi connectivity index (χ3n) is 4.31. The van der Waals surface area contributed by atoms with Gasteiger partial charge >= 0.3 is 0 Å². The van der Waals surface area contributed by atoms with Crippen LogP contribution in [-0.4, -0.2) is 41.4 Å². The van der Waals surface area contributed by atoms with Crippen LogP contribution >= 0.6 is 0 Å². The zero-order valence-electron chi connectivity index (χ0n) is 12.7. The van der Waals surface area contributed by atoms with Gasteiger partial charge in [-0.05, 0) is 69.2 Å². The highest BCUT2D eigenvalue weighted by molar-refractivity contribution is 5.33. The summed E-state index contributed by atoms with van der Waals surface area (Å²) in [6.07, 6.45) is 6.41. The first-order valence-corrected chi connectivity index (χ1v) is 7.81. The van der Waals surface area contributed by atoms with Crippen molar-refractivity contribution in [3.8, 4) is 5.69 Å². The van der Waals surface area contributed by atoms with Gasteiger partial charge in [0.2, 0.25) is 0 Å². The Bertz CT molecular complexity index is 524. The molecule has 1 N–H and O–H groups in total. The molecule has 0 radical (unpaired) electrons. The van der Waals surface area contributed by atoms with Gasteiger partial charge in [-0.2, -0.15) is 5.10 Å². The largest absolute Gasteiger partial charge is 0.319 e. The minimum absolute atomic E-state index is 0.855. The molecule has 1 aromatic heterocycles. The van der Waals surface area contributed by atoms with Gasteiger partial charge in [0.15, 0.2) is 0 Å². The smallest absolute Gasteiger partial charge is 0.0645 e. The van der Waals surface area contributed by atoms with Gasteiger partial charge in [0.05, 0.1) is 5.69 Å². The van der Waals surface area contributed by atoms with Gasteiger partial charge in [-0.25, -0.2) is 4.68 Å². The molecule has 0 spiro atoms. The highest BCUT2D eigenvalue weighted by atomic mass is 15.3. The van der Waals surface area contributed by atoms with Crippen LogP contribution in [0.25, 0.3) is 5.69 Å². The van der Waals surface area contributed by atoms with Crippen molar-refractivity contribution >= 4 is 0 Å². The molecule has 0 aliphatic carbocycles. The van der Waals surface area contributed by atoms with E-state index in [1.54, 1.807) is 0 Å². The summed E-state index contributed by atoms with van der Waals surface area (Å²) in [5.41, 5.74) is 2.51. The standard InChI is InChI=1S/C17H24N4/c1-18-13-15-7-11-20(12-8-15)14-16-3-5-17(6-4-16)21-10-2-9-19-21/h2-6,9-10,15,18H,7-8,11-14H2,1H3. The highest BCUT2D eigenvalue weighted by Crippen LogP contribution is 2.19. The lowest BCUT2D eigenvalue weighted by molar-refractivity contribution is 0.177. The molecular weight excluding hydrogens is 260 g/mol. The second-order valence-electron chi connectivity index (χ2n) is 5.89. The van der Waals surface area contributed by atoms with E-state index < -0.39 is 0 Å². The van der Waals surface area contributed by atoms with Crippen LogP contribution in [0.15, 0.2) is 42.7 Å². The van der Waals surface area contributed by atoms with Gasteiger partial charge in [-0.3, -0.25) is 4.90 Å². The number of aromatic nitrogens is 2. The molecule has 21 heavy (non-hydrogen) atoms. The van der Waals surface area contributed by atoms with Crippen LogP contribution in [0.3, 0.4) is 0 Å². The van der Waals surface area contributed by atoms with Crippen molar-refractivity contribution in [2.75, 3.05) is 26.7 Å². The molecule has 1 aromatic carbocycles. The van der Waals surface area contributed by atoms with Gasteiger partial charge in [0.1, 0.15) is 0 Å². The Morgan fingerprint density at radius 1 is 1.19 bits per heavy atom. The van der Waals surface area contributed by atoms with Crippen LogP contribution in [-0.2, 0) is 6.54 Å². The molecule has 1 aliphatic heterocycles. The number of likely N-dealkylation sites (tertiary alicyclic amines) is 1. The van der Waals surface area contributed by atoms with E-state index in [1.165, 1.54) is 31.5 Å². The predicted octanol–water partition coefficient (Wildman–Crippen LogP) is 2.30. The summed E-state index contributed by atoms with van der Waals surface area (Å²) in [6.45, 7) is 4.65. The molecule has 1 saturated heterocycles. The molecule has 1 fully saturated rings. The Kier molecular flexibility index (Phi) is 4.68. The van der Waals surface area contributed by atoms with Gasteiger partial charge in [-0.1, -0.05) is 12.1 Å². The maximum atomic E-state index is 4.26. The van der Waals surface area contributed by atoms with E-state index in [-0.39, 0.29) is 0 Å². The van der Waals surface area contributed by atoms with E-state index in [0.717, 1.165) is 24.7 Å². The van der Waals surface area contributed by atoms with Crippen LogP contribution in [0.1, 0.15) is 18.4 Å². The van der Waals surface area contributed by atoms with Crippen molar-refractivity contribution in [2.45, 2.75) is 19.4 Å². The van der Waals surface area contributed by atoms with Crippen LogP contribution in [0.4, 0.5) is 0 Å². The second kappa shape index (κ2) is 6.87. The Morgan fingerprint density at radius 2 is 1.95 bits per heavy atom. The van der Waals surface area contributed by atoms with Crippen molar-refractivity contribution < 1.29 is 0 Å². The molecule has 4 nitrogen and oxygen atoms in total. The summed E-state index contributed by atoms with van der Waals surface area (Å²) in [5.74, 6) is 0.855. The monoisotopic (exact) mass is 284 g/mol. The molecule has 0 amide bonds. The summed E-state index contributed by atoms with van der Waals surface area (Å²) in [5, 5.41) is 7.55. The molecule has 0 saturated carbocycles. The van der Waals surface area contributed by atoms with Crippen molar-refractivity contribution in [1.29, 1.82) is 0 Å². The fraction of sp³-hybridized carbons (Fsp3) is 0.471. The van der Waals surface area contributed by atoms with Crippen LogP contribution < -0.4 is 5.32 Å². The fourth-order valence-corrected chi connectivity index (χ4v) is 3.07. The number of hydrogen-bond donors (Lipinski definition) is 1. The maximum Gasteiger partial charge on any atom is 0.0645 e. The molecule has 4 heteroatoms. The van der Waals surface area contributed by atoms with E-state index in [4.69, 9.17) is 0 Å². The molecule has 0 atom stereocenters. The Hall–Kier alpha value is -1.65. The minimum atomic E-state index is 0.855. The molecule has 0 unspecified atom stereocenters. The van der Waals surface area contributed by atoms with Gasteiger partial charge < -0.3 is 5.32 Å². The Labute approximate surface area is 126 Å². The van der Waals surface area contributed by atoms with Gasteiger partial charge in [-0.15, -0.1) is 0 Å². The zero-order chi connectivity index (χ0) is 14.5. The lowest BCUT2D eigenvalue weighted by atomic mass is 9.96. The van der Waals surface area contributed by atoms with Gasteiger partial charge in [0, 0.05) is 18.9 Å². The van der Waals surface area contributed by atoms with Crippen LogP contribution in [0, 0.1) is 5.92 Å². The fourth-order valence-electron chi connectivity index (χ4n) is 3.07. The number of nitrogens with zero attached hydrogens (tertiary/aromatic N) is 3. The van der Waals surface area contributed by atoms with Crippen molar-refractivity contribution in [3.63, 3.8) is 0 Å². The summed E-state index contributed by atoms with van der Waals surface area (Å²) >= 11 is 0. The summed E-state index contributed by atoms with van der Waals surface area (Å²) in [6, 6.07) is 10.7. The first-order chi connectivity index (χ1) is 10.3. The molecule has 0 bridgehead atoms. The van der Waals surface area contributed by atoms with E-state index >= 15 is 0 Å². The van der Waals surface area contributed by atoms with Crippen molar-refractivity contribution in [1.82, 2.24) is 20.0 Å². The number of hydrogen-bond acceptors (Lipinski definition) is 3. The average Bonchev–Trinajstić information content (AvgIpc) is 3.05. The van der Waals surface area contributed by atoms with E-state index in [1.807, 2.05) is 30.2 Å². The normalized spacial score (nSPS) is 17.2. The number of rotatable bonds is 5. The molecule has 2 heterocycles. The summed E-state index contributed by atoms with van der Waals surface area (Å²) in [4.78, 5) is 2.56. The van der Waals surface area contributed by atoms with Crippen LogP contribution in [0.5, 0.6) is 0 Å². The predicted molar refractivity (Wildman–Crippen MR) is 85.5 cm³/mol. The van der Waals surface area contributed by atoms with Crippen LogP contribution in [0.2, 0.25) is 0 Å².